The lowest BCUT2D eigenvalue weighted by Crippen LogP contribution is -2.62. The van der Waals surface area contributed by atoms with Crippen LogP contribution in [0.15, 0.2) is 0 Å². The molecule has 0 aromatic carbocycles. The Balaban J connectivity index is 2.33. The quantitative estimate of drug-likeness (QED) is 0.814. The molecule has 0 amide bonds. The van der Waals surface area contributed by atoms with E-state index in [0.717, 1.165) is 32.1 Å². The molecule has 1 saturated carbocycles. The van der Waals surface area contributed by atoms with Crippen molar-refractivity contribution in [3.05, 3.63) is 0 Å². The van der Waals surface area contributed by atoms with Gasteiger partial charge in [-0.1, -0.05) is 19.8 Å². The van der Waals surface area contributed by atoms with Gasteiger partial charge in [-0.3, -0.25) is 0 Å². The molecule has 0 aromatic heterocycles. The maximum Gasteiger partial charge on any atom is 0.214 e. The van der Waals surface area contributed by atoms with E-state index in [4.69, 9.17) is 5.73 Å². The van der Waals surface area contributed by atoms with Gasteiger partial charge in [0, 0.05) is 13.1 Å². The lowest BCUT2D eigenvalue weighted by atomic mass is 9.73. The van der Waals surface area contributed by atoms with Gasteiger partial charge < -0.3 is 5.73 Å². The molecular weight excluding hydrogens is 236 g/mol. The summed E-state index contributed by atoms with van der Waals surface area (Å²) < 4.78 is 26.3. The minimum atomic E-state index is -3.07. The fraction of sp³-hybridized carbons (Fsp3) is 1.00. The Morgan fingerprint density at radius 3 is 2.65 bits per heavy atom. The molecule has 4 nitrogen and oxygen atoms in total. The molecule has 1 aliphatic carbocycles. The second kappa shape index (κ2) is 4.86. The zero-order chi connectivity index (χ0) is 12.5. The fourth-order valence-electron chi connectivity index (χ4n) is 3.46. The van der Waals surface area contributed by atoms with Gasteiger partial charge in [0.05, 0.1) is 11.3 Å². The van der Waals surface area contributed by atoms with E-state index in [2.05, 4.69) is 6.92 Å². The van der Waals surface area contributed by atoms with E-state index in [1.807, 2.05) is 0 Å². The molecule has 2 atom stereocenters. The van der Waals surface area contributed by atoms with Crippen molar-refractivity contribution in [3.63, 3.8) is 0 Å². The fourth-order valence-corrected chi connectivity index (χ4v) is 5.56. The summed E-state index contributed by atoms with van der Waals surface area (Å²) in [5.74, 6) is 0.690. The topological polar surface area (TPSA) is 63.4 Å². The monoisotopic (exact) mass is 260 g/mol. The Bertz CT molecular complexity index is 369. The molecule has 2 fully saturated rings. The second-order valence-corrected chi connectivity index (χ2v) is 7.56. The van der Waals surface area contributed by atoms with E-state index in [9.17, 15) is 8.42 Å². The second-order valence-electron chi connectivity index (χ2n) is 5.55. The van der Waals surface area contributed by atoms with Crippen molar-refractivity contribution in [1.82, 2.24) is 4.31 Å². The molecule has 2 aliphatic rings. The van der Waals surface area contributed by atoms with Crippen molar-refractivity contribution >= 4 is 10.0 Å². The summed E-state index contributed by atoms with van der Waals surface area (Å²) in [5, 5.41) is 0. The summed E-state index contributed by atoms with van der Waals surface area (Å²) in [6, 6.07) is 0. The summed E-state index contributed by atoms with van der Waals surface area (Å²) in [5.41, 5.74) is 5.68. The highest BCUT2D eigenvalue weighted by molar-refractivity contribution is 7.89. The minimum absolute atomic E-state index is 0.294. The summed E-state index contributed by atoms with van der Waals surface area (Å²) >= 11 is 0. The van der Waals surface area contributed by atoms with Crippen molar-refractivity contribution in [2.75, 3.05) is 18.8 Å². The molecule has 2 N–H and O–H groups in total. The molecule has 5 heteroatoms. The van der Waals surface area contributed by atoms with Crippen LogP contribution in [0, 0.1) is 5.92 Å². The molecule has 2 unspecified atom stereocenters. The van der Waals surface area contributed by atoms with Gasteiger partial charge >= 0.3 is 0 Å². The van der Waals surface area contributed by atoms with Crippen molar-refractivity contribution < 1.29 is 8.42 Å². The number of hydrogen-bond donors (Lipinski definition) is 1. The highest BCUT2D eigenvalue weighted by Gasteiger charge is 2.47. The van der Waals surface area contributed by atoms with Gasteiger partial charge in [0.1, 0.15) is 0 Å². The van der Waals surface area contributed by atoms with Crippen LogP contribution in [0.1, 0.15) is 45.4 Å². The van der Waals surface area contributed by atoms with Crippen LogP contribution < -0.4 is 5.73 Å². The average Bonchev–Trinajstić information content (AvgIpc) is 2.30. The van der Waals surface area contributed by atoms with Gasteiger partial charge in [-0.15, -0.1) is 0 Å². The first-order valence-electron chi connectivity index (χ1n) is 6.73. The Kier molecular flexibility index (Phi) is 3.80. The van der Waals surface area contributed by atoms with Crippen LogP contribution >= 0.6 is 0 Å². The third kappa shape index (κ3) is 2.25. The van der Waals surface area contributed by atoms with Crippen LogP contribution in [0.3, 0.4) is 0 Å². The minimum Gasteiger partial charge on any atom is -0.329 e. The van der Waals surface area contributed by atoms with Gasteiger partial charge in [-0.05, 0) is 31.6 Å². The van der Waals surface area contributed by atoms with Crippen LogP contribution in [0.2, 0.25) is 0 Å². The normalized spacial score (nSPS) is 39.1. The van der Waals surface area contributed by atoms with Gasteiger partial charge in [0.15, 0.2) is 0 Å². The molecule has 1 heterocycles. The van der Waals surface area contributed by atoms with Gasteiger partial charge in [0.2, 0.25) is 10.0 Å². The van der Waals surface area contributed by atoms with E-state index in [-0.39, 0.29) is 5.54 Å². The molecular formula is C12H24N2O2S. The van der Waals surface area contributed by atoms with Crippen LogP contribution in [-0.4, -0.2) is 37.1 Å². The third-order valence-corrected chi connectivity index (χ3v) is 6.64. The van der Waals surface area contributed by atoms with Gasteiger partial charge in [-0.2, -0.15) is 4.31 Å². The first kappa shape index (κ1) is 13.3. The summed E-state index contributed by atoms with van der Waals surface area (Å²) in [6.07, 6.45) is 6.12. The van der Waals surface area contributed by atoms with Gasteiger partial charge in [-0.25, -0.2) is 8.42 Å². The summed E-state index contributed by atoms with van der Waals surface area (Å²) in [4.78, 5) is 0. The largest absolute Gasteiger partial charge is 0.329 e. The maximum absolute atomic E-state index is 12.3. The molecule has 0 aromatic rings. The van der Waals surface area contributed by atoms with Crippen LogP contribution in [0.5, 0.6) is 0 Å². The predicted octanol–water partition coefficient (Wildman–Crippen LogP) is 1.32. The molecule has 0 spiro atoms. The molecule has 100 valence electrons. The zero-order valence-electron chi connectivity index (χ0n) is 10.7. The van der Waals surface area contributed by atoms with Crippen LogP contribution in [0.25, 0.3) is 0 Å². The summed E-state index contributed by atoms with van der Waals surface area (Å²) in [6.45, 7) is 3.30. The highest BCUT2D eigenvalue weighted by Crippen LogP contribution is 2.40. The molecule has 0 bridgehead atoms. The number of rotatable bonds is 2. The Hall–Kier alpha value is -0.130. The zero-order valence-corrected chi connectivity index (χ0v) is 11.5. The van der Waals surface area contributed by atoms with Crippen molar-refractivity contribution in [3.8, 4) is 0 Å². The number of nitrogens with two attached hydrogens (primary N) is 1. The predicted molar refractivity (Wildman–Crippen MR) is 69.1 cm³/mol. The van der Waals surface area contributed by atoms with Crippen molar-refractivity contribution in [1.29, 1.82) is 0 Å². The molecule has 1 saturated heterocycles. The Morgan fingerprint density at radius 2 is 2.06 bits per heavy atom. The first-order valence-corrected chi connectivity index (χ1v) is 8.34. The Labute approximate surface area is 105 Å². The summed E-state index contributed by atoms with van der Waals surface area (Å²) in [7, 11) is -3.07. The Morgan fingerprint density at radius 1 is 1.29 bits per heavy atom. The average molecular weight is 260 g/mol. The molecule has 17 heavy (non-hydrogen) atoms. The lowest BCUT2D eigenvalue weighted by molar-refractivity contribution is 0.0740. The SMILES string of the molecule is CC1CCCCC1(CN)N1CCCCS1(=O)=O. The number of hydrogen-bond acceptors (Lipinski definition) is 3. The lowest BCUT2D eigenvalue weighted by Gasteiger charge is -2.50. The smallest absolute Gasteiger partial charge is 0.214 e. The van der Waals surface area contributed by atoms with Crippen molar-refractivity contribution in [2.45, 2.75) is 51.0 Å². The standard InChI is InChI=1S/C12H24N2O2S/c1-11-6-2-3-7-12(11,10-13)14-8-4-5-9-17(14,15)16/h11H,2-10,13H2,1H3. The van der Waals surface area contributed by atoms with E-state index < -0.39 is 10.0 Å². The first-order chi connectivity index (χ1) is 8.03. The number of nitrogens with zero attached hydrogens (tertiary/aromatic N) is 1. The molecule has 2 rings (SSSR count). The van der Waals surface area contributed by atoms with E-state index in [1.165, 1.54) is 6.42 Å². The van der Waals surface area contributed by atoms with Gasteiger partial charge in [0.25, 0.3) is 0 Å². The molecule has 0 radical (unpaired) electrons. The van der Waals surface area contributed by atoms with E-state index in [1.54, 1.807) is 4.31 Å². The third-order valence-electron chi connectivity index (χ3n) is 4.61. The van der Waals surface area contributed by atoms with Crippen LogP contribution in [-0.2, 0) is 10.0 Å². The maximum atomic E-state index is 12.3. The van der Waals surface area contributed by atoms with E-state index in [0.29, 0.717) is 24.8 Å². The van der Waals surface area contributed by atoms with E-state index >= 15 is 0 Å². The van der Waals surface area contributed by atoms with Crippen LogP contribution in [0.4, 0.5) is 0 Å². The number of sulfonamides is 1. The molecule has 1 aliphatic heterocycles. The highest BCUT2D eigenvalue weighted by atomic mass is 32.2. The van der Waals surface area contributed by atoms with Crippen molar-refractivity contribution in [2.24, 2.45) is 11.7 Å².